The molecule has 8 heteroatoms. The van der Waals surface area contributed by atoms with E-state index in [0.29, 0.717) is 22.8 Å². The Morgan fingerprint density at radius 1 is 1.44 bits per heavy atom. The highest BCUT2D eigenvalue weighted by atomic mass is 32.1. The van der Waals surface area contributed by atoms with Gasteiger partial charge in [0.2, 0.25) is 5.91 Å². The van der Waals surface area contributed by atoms with Gasteiger partial charge in [0, 0.05) is 28.4 Å². The van der Waals surface area contributed by atoms with Crippen molar-refractivity contribution in [2.24, 2.45) is 0 Å². The van der Waals surface area contributed by atoms with E-state index in [1.165, 1.54) is 22.2 Å². The first-order valence-corrected chi connectivity index (χ1v) is 9.99. The zero-order chi connectivity index (χ0) is 17.2. The van der Waals surface area contributed by atoms with Gasteiger partial charge in [0.25, 0.3) is 5.56 Å². The van der Waals surface area contributed by atoms with Crippen molar-refractivity contribution in [3.05, 3.63) is 39.6 Å². The Morgan fingerprint density at radius 3 is 3.12 bits per heavy atom. The van der Waals surface area contributed by atoms with Crippen LogP contribution in [-0.2, 0) is 11.3 Å². The Labute approximate surface area is 152 Å². The highest BCUT2D eigenvalue weighted by Crippen LogP contribution is 2.33. The molecular weight excluding hydrogens is 356 g/mol. The lowest BCUT2D eigenvalue weighted by Gasteiger charge is -2.12. The molecule has 0 radical (unpaired) electrons. The van der Waals surface area contributed by atoms with E-state index in [1.54, 1.807) is 11.3 Å². The van der Waals surface area contributed by atoms with Crippen molar-refractivity contribution in [2.75, 3.05) is 13.1 Å². The predicted molar refractivity (Wildman–Crippen MR) is 101 cm³/mol. The van der Waals surface area contributed by atoms with E-state index >= 15 is 0 Å². The van der Waals surface area contributed by atoms with Crippen LogP contribution in [-0.4, -0.2) is 34.6 Å². The predicted octanol–water partition coefficient (Wildman–Crippen LogP) is 2.05. The molecule has 0 spiro atoms. The number of aromatic nitrogens is 2. The molecule has 0 aliphatic carbocycles. The standard InChI is InChI=1S/C17H18N4O2S2/c22-14(19-7-11-3-1-5-18-11)8-21-10-20-16-15(17(21)23)12(9-25-16)13-4-2-6-24-13/h2,4,6,9-11,18H,1,3,5,7-8H2,(H,19,22). The van der Waals surface area contributed by atoms with Crippen molar-refractivity contribution in [2.45, 2.75) is 25.4 Å². The molecule has 1 atom stereocenters. The molecule has 130 valence electrons. The first-order chi connectivity index (χ1) is 12.2. The van der Waals surface area contributed by atoms with Crippen molar-refractivity contribution in [1.82, 2.24) is 20.2 Å². The van der Waals surface area contributed by atoms with Crippen LogP contribution >= 0.6 is 22.7 Å². The normalized spacial score (nSPS) is 17.2. The summed E-state index contributed by atoms with van der Waals surface area (Å²) < 4.78 is 1.39. The van der Waals surface area contributed by atoms with E-state index in [0.717, 1.165) is 29.8 Å². The third-order valence-electron chi connectivity index (χ3n) is 4.37. The van der Waals surface area contributed by atoms with Crippen molar-refractivity contribution < 1.29 is 4.79 Å². The molecular formula is C17H18N4O2S2. The molecule has 4 heterocycles. The Morgan fingerprint density at radius 2 is 2.36 bits per heavy atom. The van der Waals surface area contributed by atoms with E-state index in [9.17, 15) is 9.59 Å². The fourth-order valence-corrected chi connectivity index (χ4v) is 4.79. The number of nitrogens with one attached hydrogen (secondary N) is 2. The van der Waals surface area contributed by atoms with Gasteiger partial charge in [0.1, 0.15) is 11.4 Å². The van der Waals surface area contributed by atoms with Crippen molar-refractivity contribution in [3.63, 3.8) is 0 Å². The highest BCUT2D eigenvalue weighted by molar-refractivity contribution is 7.18. The molecule has 1 unspecified atom stereocenters. The average molecular weight is 374 g/mol. The van der Waals surface area contributed by atoms with Crippen molar-refractivity contribution in [1.29, 1.82) is 0 Å². The number of amides is 1. The second-order valence-electron chi connectivity index (χ2n) is 6.08. The molecule has 2 N–H and O–H groups in total. The summed E-state index contributed by atoms with van der Waals surface area (Å²) >= 11 is 3.05. The zero-order valence-electron chi connectivity index (χ0n) is 13.5. The smallest absolute Gasteiger partial charge is 0.263 e. The lowest BCUT2D eigenvalue weighted by Crippen LogP contribution is -2.39. The first kappa shape index (κ1) is 16.4. The Balaban J connectivity index is 1.55. The minimum absolute atomic E-state index is 0.00573. The molecule has 3 aromatic rings. The molecule has 25 heavy (non-hydrogen) atoms. The molecule has 3 aromatic heterocycles. The second-order valence-corrected chi connectivity index (χ2v) is 7.89. The second kappa shape index (κ2) is 7.07. The van der Waals surface area contributed by atoms with Gasteiger partial charge in [-0.1, -0.05) is 6.07 Å². The van der Waals surface area contributed by atoms with E-state index in [4.69, 9.17) is 0 Å². The fraction of sp³-hybridized carbons (Fsp3) is 0.353. The number of carbonyl (C=O) groups is 1. The zero-order valence-corrected chi connectivity index (χ0v) is 15.2. The van der Waals surface area contributed by atoms with Crippen LogP contribution in [0.3, 0.4) is 0 Å². The highest BCUT2D eigenvalue weighted by Gasteiger charge is 2.17. The quantitative estimate of drug-likeness (QED) is 0.717. The van der Waals surface area contributed by atoms with Gasteiger partial charge in [-0.25, -0.2) is 4.98 Å². The summed E-state index contributed by atoms with van der Waals surface area (Å²) in [4.78, 5) is 31.1. The van der Waals surface area contributed by atoms with Crippen molar-refractivity contribution in [3.8, 4) is 10.4 Å². The summed E-state index contributed by atoms with van der Waals surface area (Å²) in [5, 5.41) is 10.8. The number of hydrogen-bond acceptors (Lipinski definition) is 6. The number of carbonyl (C=O) groups excluding carboxylic acids is 1. The first-order valence-electron chi connectivity index (χ1n) is 8.23. The van der Waals surface area contributed by atoms with E-state index in [1.807, 2.05) is 22.9 Å². The van der Waals surface area contributed by atoms with Gasteiger partial charge >= 0.3 is 0 Å². The third-order valence-corrected chi connectivity index (χ3v) is 6.16. The molecule has 0 bridgehead atoms. The third kappa shape index (κ3) is 3.37. The molecule has 1 aliphatic rings. The summed E-state index contributed by atoms with van der Waals surface area (Å²) in [5.41, 5.74) is 0.737. The summed E-state index contributed by atoms with van der Waals surface area (Å²) in [6.07, 6.45) is 3.68. The van der Waals surface area contributed by atoms with Crippen LogP contribution in [0.1, 0.15) is 12.8 Å². The van der Waals surface area contributed by atoms with Crippen LogP contribution in [0.25, 0.3) is 20.7 Å². The number of rotatable bonds is 5. The lowest BCUT2D eigenvalue weighted by atomic mass is 10.2. The Hall–Kier alpha value is -2.03. The topological polar surface area (TPSA) is 76.0 Å². The van der Waals surface area contributed by atoms with Crippen LogP contribution < -0.4 is 16.2 Å². The molecule has 0 saturated carbocycles. The van der Waals surface area contributed by atoms with Gasteiger partial charge in [0.05, 0.1) is 11.7 Å². The minimum Gasteiger partial charge on any atom is -0.353 e. The lowest BCUT2D eigenvalue weighted by molar-refractivity contribution is -0.121. The maximum atomic E-state index is 12.8. The largest absolute Gasteiger partial charge is 0.353 e. The van der Waals surface area contributed by atoms with Crippen LogP contribution in [0, 0.1) is 0 Å². The van der Waals surface area contributed by atoms with E-state index in [2.05, 4.69) is 15.6 Å². The Bertz CT molecular complexity index is 939. The average Bonchev–Trinajstić information content (AvgIpc) is 3.36. The summed E-state index contributed by atoms with van der Waals surface area (Å²) in [6.45, 7) is 1.60. The van der Waals surface area contributed by atoms with Gasteiger partial charge in [-0.3, -0.25) is 14.2 Å². The summed E-state index contributed by atoms with van der Waals surface area (Å²) in [7, 11) is 0. The molecule has 1 amide bonds. The molecule has 4 rings (SSSR count). The van der Waals surface area contributed by atoms with Gasteiger partial charge in [0.15, 0.2) is 0 Å². The summed E-state index contributed by atoms with van der Waals surface area (Å²) in [5.74, 6) is -0.162. The van der Waals surface area contributed by atoms with Gasteiger partial charge in [-0.2, -0.15) is 0 Å². The van der Waals surface area contributed by atoms with E-state index in [-0.39, 0.29) is 18.0 Å². The van der Waals surface area contributed by atoms with Gasteiger partial charge in [-0.15, -0.1) is 22.7 Å². The van der Waals surface area contributed by atoms with Crippen molar-refractivity contribution >= 4 is 38.8 Å². The SMILES string of the molecule is O=C(Cn1cnc2scc(-c3cccs3)c2c1=O)NCC1CCCN1. The molecule has 1 fully saturated rings. The molecule has 6 nitrogen and oxygen atoms in total. The number of fused-ring (bicyclic) bond motifs is 1. The number of thiophene rings is 2. The van der Waals surface area contributed by atoms with Crippen LogP contribution in [0.4, 0.5) is 0 Å². The number of hydrogen-bond donors (Lipinski definition) is 2. The maximum Gasteiger partial charge on any atom is 0.263 e. The minimum atomic E-state index is -0.163. The number of nitrogens with zero attached hydrogens (tertiary/aromatic N) is 2. The van der Waals surface area contributed by atoms with Gasteiger partial charge < -0.3 is 10.6 Å². The molecule has 0 aromatic carbocycles. The summed E-state index contributed by atoms with van der Waals surface area (Å²) in [6, 6.07) is 4.29. The monoisotopic (exact) mass is 374 g/mol. The van der Waals surface area contributed by atoms with E-state index < -0.39 is 0 Å². The van der Waals surface area contributed by atoms with Crippen LogP contribution in [0.15, 0.2) is 34.0 Å². The maximum absolute atomic E-state index is 12.8. The van der Waals surface area contributed by atoms with Crippen LogP contribution in [0.2, 0.25) is 0 Å². The molecule has 1 aliphatic heterocycles. The van der Waals surface area contributed by atoms with Crippen LogP contribution in [0.5, 0.6) is 0 Å². The fourth-order valence-electron chi connectivity index (χ4n) is 3.07. The Kier molecular flexibility index (Phi) is 4.65. The van der Waals surface area contributed by atoms with Gasteiger partial charge in [-0.05, 0) is 30.8 Å². The molecule has 1 saturated heterocycles.